The average Bonchev–Trinajstić information content (AvgIpc) is 2.55. The van der Waals surface area contributed by atoms with Crippen LogP contribution in [-0.2, 0) is 9.59 Å². The van der Waals surface area contributed by atoms with Gasteiger partial charge in [-0.2, -0.15) is 0 Å². The lowest BCUT2D eigenvalue weighted by Crippen LogP contribution is -2.94. The van der Waals surface area contributed by atoms with Gasteiger partial charge in [-0.3, -0.25) is 4.79 Å². The normalized spacial score (nSPS) is 13.3. The van der Waals surface area contributed by atoms with Gasteiger partial charge < -0.3 is 20.5 Å². The Bertz CT molecular complexity index is 537. The molecule has 1 aromatic rings. The first-order valence-corrected chi connectivity index (χ1v) is 9.35. The number of hydrogen-bond acceptors (Lipinski definition) is 3. The van der Waals surface area contributed by atoms with E-state index in [9.17, 15) is 14.7 Å². The van der Waals surface area contributed by atoms with Crippen LogP contribution in [0.2, 0.25) is 0 Å². The predicted octanol–water partition coefficient (Wildman–Crippen LogP) is 1.68. The Morgan fingerprint density at radius 3 is 2.58 bits per heavy atom. The smallest absolute Gasteiger partial charge is 0.230 e. The van der Waals surface area contributed by atoms with E-state index in [4.69, 9.17) is 0 Å². The van der Waals surface area contributed by atoms with Crippen molar-refractivity contribution in [3.63, 3.8) is 0 Å². The van der Waals surface area contributed by atoms with Gasteiger partial charge >= 0.3 is 0 Å². The van der Waals surface area contributed by atoms with Crippen molar-refractivity contribution in [3.05, 3.63) is 28.7 Å². The minimum Gasteiger partial charge on any atom is -0.544 e. The number of nitrogens with one attached hydrogen (secondary N) is 1. The summed E-state index contributed by atoms with van der Waals surface area (Å²) in [5.74, 6) is -1.05. The summed E-state index contributed by atoms with van der Waals surface area (Å²) >= 11 is 3.35. The van der Waals surface area contributed by atoms with Gasteiger partial charge in [0.25, 0.3) is 0 Å². The van der Waals surface area contributed by atoms with Crippen molar-refractivity contribution in [2.45, 2.75) is 52.0 Å². The van der Waals surface area contributed by atoms with Gasteiger partial charge in [0.2, 0.25) is 5.91 Å². The van der Waals surface area contributed by atoms with Crippen molar-refractivity contribution in [1.29, 1.82) is 0 Å². The zero-order chi connectivity index (χ0) is 17.9. The molecule has 2 atom stereocenters. The number of anilines is 1. The maximum atomic E-state index is 12.1. The maximum Gasteiger partial charge on any atom is 0.230 e. The van der Waals surface area contributed by atoms with Crippen molar-refractivity contribution in [2.24, 2.45) is 5.92 Å². The number of carbonyl (C=O) groups excluding carboxylic acids is 2. The molecule has 6 heteroatoms. The van der Waals surface area contributed by atoms with Crippen LogP contribution in [-0.4, -0.2) is 24.5 Å². The van der Waals surface area contributed by atoms with E-state index in [0.29, 0.717) is 18.2 Å². The molecule has 1 aromatic carbocycles. The first-order chi connectivity index (χ1) is 11.5. The van der Waals surface area contributed by atoms with E-state index in [1.165, 1.54) is 0 Å². The van der Waals surface area contributed by atoms with E-state index < -0.39 is 12.0 Å². The minimum absolute atomic E-state index is 0.103. The Hall–Kier alpha value is -1.40. The van der Waals surface area contributed by atoms with Crippen LogP contribution in [0.5, 0.6) is 0 Å². The number of amides is 1. The molecule has 0 saturated carbocycles. The number of aliphatic carboxylic acids is 1. The molecule has 24 heavy (non-hydrogen) atoms. The van der Waals surface area contributed by atoms with Crippen LogP contribution in [0.15, 0.2) is 28.7 Å². The van der Waals surface area contributed by atoms with E-state index in [2.05, 4.69) is 35.1 Å². The van der Waals surface area contributed by atoms with E-state index in [0.717, 1.165) is 30.2 Å². The quantitative estimate of drug-likeness (QED) is 0.594. The van der Waals surface area contributed by atoms with Crippen LogP contribution >= 0.6 is 15.9 Å². The number of hydrogen-bond donors (Lipinski definition) is 2. The lowest BCUT2D eigenvalue weighted by molar-refractivity contribution is -0.687. The Morgan fingerprint density at radius 1 is 1.29 bits per heavy atom. The van der Waals surface area contributed by atoms with Crippen LogP contribution in [0.25, 0.3) is 0 Å². The van der Waals surface area contributed by atoms with E-state index >= 15 is 0 Å². The number of benzene rings is 1. The lowest BCUT2D eigenvalue weighted by atomic mass is 9.99. The number of carbonyl (C=O) groups is 2. The lowest BCUT2D eigenvalue weighted by Gasteiger charge is -2.20. The molecular formula is C18H27BrN2O3. The van der Waals surface area contributed by atoms with Gasteiger partial charge in [-0.25, -0.2) is 0 Å². The topological polar surface area (TPSA) is 85.8 Å². The SMILES string of the molecule is CCCC[C@@H](CC)C[NH2+][C@@H](CC(=O)Nc1ccccc1Br)C(=O)[O-]. The number of carboxylic acids is 1. The number of rotatable bonds is 11. The van der Waals surface area contributed by atoms with Crippen molar-refractivity contribution < 1.29 is 20.0 Å². The zero-order valence-corrected chi connectivity index (χ0v) is 16.0. The number of nitrogens with two attached hydrogens (primary N) is 1. The molecule has 0 bridgehead atoms. The van der Waals surface area contributed by atoms with Crippen LogP contribution in [0, 0.1) is 5.92 Å². The molecule has 0 aliphatic carbocycles. The first-order valence-electron chi connectivity index (χ1n) is 8.56. The summed E-state index contributed by atoms with van der Waals surface area (Å²) in [5.41, 5.74) is 0.633. The van der Waals surface area contributed by atoms with Crippen LogP contribution in [0.4, 0.5) is 5.69 Å². The number of unbranched alkanes of at least 4 members (excludes halogenated alkanes) is 1. The number of para-hydroxylation sites is 1. The van der Waals surface area contributed by atoms with Crippen LogP contribution < -0.4 is 15.7 Å². The van der Waals surface area contributed by atoms with Gasteiger partial charge in [0.15, 0.2) is 0 Å². The molecule has 0 heterocycles. The third-order valence-corrected chi connectivity index (χ3v) is 4.84. The van der Waals surface area contributed by atoms with Gasteiger partial charge in [-0.05, 0) is 40.9 Å². The van der Waals surface area contributed by atoms with Gasteiger partial charge in [-0.1, -0.05) is 38.8 Å². The van der Waals surface area contributed by atoms with Gasteiger partial charge in [-0.15, -0.1) is 0 Å². The van der Waals surface area contributed by atoms with E-state index in [1.807, 2.05) is 18.2 Å². The largest absolute Gasteiger partial charge is 0.544 e. The summed E-state index contributed by atoms with van der Waals surface area (Å²) in [4.78, 5) is 23.5. The van der Waals surface area contributed by atoms with Crippen molar-refractivity contribution >= 4 is 33.5 Å². The standard InChI is InChI=1S/C18H27BrN2O3/c1-3-5-8-13(4-2)12-20-16(18(23)24)11-17(22)21-15-10-7-6-9-14(15)19/h6-7,9-10,13,16,20H,3-5,8,11-12H2,1-2H3,(H,21,22)(H,23,24)/t13-,16+/m1/s1. The highest BCUT2D eigenvalue weighted by Gasteiger charge is 2.20. The van der Waals surface area contributed by atoms with Crippen molar-refractivity contribution in [2.75, 3.05) is 11.9 Å². The second-order valence-corrected chi connectivity index (χ2v) is 6.90. The predicted molar refractivity (Wildman–Crippen MR) is 96.3 cm³/mol. The molecule has 0 aliphatic rings. The highest BCUT2D eigenvalue weighted by Crippen LogP contribution is 2.21. The summed E-state index contributed by atoms with van der Waals surface area (Å²) in [5, 5.41) is 15.8. The molecule has 0 radical (unpaired) electrons. The molecule has 134 valence electrons. The fourth-order valence-electron chi connectivity index (χ4n) is 2.56. The zero-order valence-electron chi connectivity index (χ0n) is 14.4. The Kier molecular flexibility index (Phi) is 9.64. The summed E-state index contributed by atoms with van der Waals surface area (Å²) in [6.07, 6.45) is 4.28. The molecule has 0 spiro atoms. The molecule has 0 saturated heterocycles. The second kappa shape index (κ2) is 11.2. The maximum absolute atomic E-state index is 12.1. The molecule has 0 aliphatic heterocycles. The Morgan fingerprint density at radius 2 is 2.00 bits per heavy atom. The monoisotopic (exact) mass is 398 g/mol. The molecule has 0 unspecified atom stereocenters. The third-order valence-electron chi connectivity index (χ3n) is 4.15. The summed E-state index contributed by atoms with van der Waals surface area (Å²) < 4.78 is 0.762. The Balaban J connectivity index is 2.54. The molecule has 1 amide bonds. The van der Waals surface area contributed by atoms with Crippen LogP contribution in [0.3, 0.4) is 0 Å². The molecular weight excluding hydrogens is 372 g/mol. The summed E-state index contributed by atoms with van der Waals surface area (Å²) in [6.45, 7) is 4.96. The van der Waals surface area contributed by atoms with Gasteiger partial charge in [0.1, 0.15) is 6.04 Å². The summed E-state index contributed by atoms with van der Waals surface area (Å²) in [7, 11) is 0. The average molecular weight is 399 g/mol. The van der Waals surface area contributed by atoms with Crippen molar-refractivity contribution in [3.8, 4) is 0 Å². The second-order valence-electron chi connectivity index (χ2n) is 6.05. The van der Waals surface area contributed by atoms with E-state index in [-0.39, 0.29) is 12.3 Å². The molecule has 0 aromatic heterocycles. The minimum atomic E-state index is -1.19. The van der Waals surface area contributed by atoms with Crippen molar-refractivity contribution in [1.82, 2.24) is 0 Å². The number of carboxylic acid groups (broad SMARTS) is 1. The highest BCUT2D eigenvalue weighted by atomic mass is 79.9. The van der Waals surface area contributed by atoms with E-state index in [1.54, 1.807) is 11.4 Å². The van der Waals surface area contributed by atoms with Gasteiger partial charge in [0, 0.05) is 10.4 Å². The molecule has 1 rings (SSSR count). The van der Waals surface area contributed by atoms with Gasteiger partial charge in [0.05, 0.1) is 24.6 Å². The number of halogens is 1. The number of quaternary nitrogens is 1. The highest BCUT2D eigenvalue weighted by molar-refractivity contribution is 9.10. The van der Waals surface area contributed by atoms with Crippen LogP contribution in [0.1, 0.15) is 46.0 Å². The molecule has 0 fully saturated rings. The fraction of sp³-hybridized carbons (Fsp3) is 0.556. The first kappa shape index (κ1) is 20.6. The summed E-state index contributed by atoms with van der Waals surface area (Å²) in [6, 6.07) is 6.37. The Labute approximate surface area is 152 Å². The fourth-order valence-corrected chi connectivity index (χ4v) is 2.95. The molecule has 3 N–H and O–H groups in total. The molecule has 5 nitrogen and oxygen atoms in total. The third kappa shape index (κ3) is 7.45.